The van der Waals surface area contributed by atoms with Crippen LogP contribution in [0.1, 0.15) is 25.5 Å². The summed E-state index contributed by atoms with van der Waals surface area (Å²) in [6.07, 6.45) is -0.811. The van der Waals surface area contributed by atoms with Crippen molar-refractivity contribution in [3.8, 4) is 0 Å². The van der Waals surface area contributed by atoms with E-state index >= 15 is 0 Å². The molecule has 0 aliphatic heterocycles. The zero-order valence-corrected chi connectivity index (χ0v) is 10.2. The first-order chi connectivity index (χ1) is 7.49. The maximum atomic E-state index is 12.9. The van der Waals surface area contributed by atoms with Crippen LogP contribution in [0.2, 0.25) is 0 Å². The minimum atomic E-state index is -0.811. The van der Waals surface area contributed by atoms with Crippen LogP contribution in [0.15, 0.2) is 18.2 Å². The van der Waals surface area contributed by atoms with Crippen LogP contribution in [-0.2, 0) is 0 Å². The van der Waals surface area contributed by atoms with E-state index in [2.05, 4.69) is 13.8 Å². The van der Waals surface area contributed by atoms with E-state index in [9.17, 15) is 13.9 Å². The van der Waals surface area contributed by atoms with Crippen LogP contribution in [0, 0.1) is 17.6 Å². The number of aliphatic hydroxyl groups excluding tert-OH is 1. The van der Waals surface area contributed by atoms with E-state index in [-0.39, 0.29) is 0 Å². The number of halogens is 2. The van der Waals surface area contributed by atoms with Crippen LogP contribution in [0.4, 0.5) is 8.78 Å². The summed E-state index contributed by atoms with van der Waals surface area (Å²) in [4.78, 5) is 0. The van der Waals surface area contributed by atoms with E-state index in [0.29, 0.717) is 17.2 Å². The van der Waals surface area contributed by atoms with Gasteiger partial charge in [0, 0.05) is 11.8 Å². The summed E-state index contributed by atoms with van der Waals surface area (Å²) in [7, 11) is 0. The largest absolute Gasteiger partial charge is 0.388 e. The molecule has 0 saturated carbocycles. The third kappa shape index (κ3) is 4.49. The van der Waals surface area contributed by atoms with Gasteiger partial charge in [0.2, 0.25) is 0 Å². The smallest absolute Gasteiger partial charge is 0.126 e. The van der Waals surface area contributed by atoms with Crippen LogP contribution < -0.4 is 0 Å². The molecular formula is C12H16F2OS. The van der Waals surface area contributed by atoms with Crippen molar-refractivity contribution in [3.05, 3.63) is 35.4 Å². The first kappa shape index (κ1) is 13.5. The molecule has 0 saturated heterocycles. The van der Waals surface area contributed by atoms with Gasteiger partial charge in [-0.15, -0.1) is 0 Å². The number of hydrogen-bond donors (Lipinski definition) is 1. The number of benzene rings is 1. The van der Waals surface area contributed by atoms with Crippen LogP contribution in [0.5, 0.6) is 0 Å². The minimum Gasteiger partial charge on any atom is -0.388 e. The van der Waals surface area contributed by atoms with E-state index < -0.39 is 17.7 Å². The second kappa shape index (κ2) is 6.21. The monoisotopic (exact) mass is 246 g/mol. The molecule has 0 fully saturated rings. The molecule has 1 N–H and O–H groups in total. The Labute approximate surface area is 98.9 Å². The van der Waals surface area contributed by atoms with Crippen LogP contribution in [0.25, 0.3) is 0 Å². The van der Waals surface area contributed by atoms with Crippen LogP contribution in [-0.4, -0.2) is 16.6 Å². The summed E-state index contributed by atoms with van der Waals surface area (Å²) in [5.41, 5.74) is 0.300. The predicted molar refractivity (Wildman–Crippen MR) is 63.5 cm³/mol. The maximum Gasteiger partial charge on any atom is 0.126 e. The lowest BCUT2D eigenvalue weighted by molar-refractivity contribution is 0.203. The minimum absolute atomic E-state index is 0.300. The quantitative estimate of drug-likeness (QED) is 0.859. The lowest BCUT2D eigenvalue weighted by Crippen LogP contribution is -2.04. The fourth-order valence-electron chi connectivity index (χ4n) is 1.28. The van der Waals surface area contributed by atoms with Gasteiger partial charge in [-0.25, -0.2) is 8.78 Å². The van der Waals surface area contributed by atoms with Gasteiger partial charge in [-0.05, 0) is 29.4 Å². The zero-order valence-electron chi connectivity index (χ0n) is 9.41. The van der Waals surface area contributed by atoms with Gasteiger partial charge >= 0.3 is 0 Å². The summed E-state index contributed by atoms with van der Waals surface area (Å²) >= 11 is 1.58. The summed E-state index contributed by atoms with van der Waals surface area (Å²) in [6, 6.07) is 3.14. The highest BCUT2D eigenvalue weighted by Gasteiger charge is 2.10. The Kier molecular flexibility index (Phi) is 5.22. The topological polar surface area (TPSA) is 20.2 Å². The van der Waals surface area contributed by atoms with E-state index in [1.54, 1.807) is 11.8 Å². The van der Waals surface area contributed by atoms with E-state index in [0.717, 1.165) is 11.8 Å². The Morgan fingerprint density at radius 1 is 1.12 bits per heavy atom. The molecule has 0 aromatic heterocycles. The van der Waals surface area contributed by atoms with Crippen molar-refractivity contribution >= 4 is 11.8 Å². The lowest BCUT2D eigenvalue weighted by Gasteiger charge is -2.12. The van der Waals surface area contributed by atoms with Gasteiger partial charge in [0.1, 0.15) is 11.6 Å². The molecule has 4 heteroatoms. The molecule has 0 radical (unpaired) electrons. The van der Waals surface area contributed by atoms with Crippen molar-refractivity contribution in [1.29, 1.82) is 0 Å². The normalized spacial score (nSPS) is 13.1. The van der Waals surface area contributed by atoms with Gasteiger partial charge in [0.15, 0.2) is 0 Å². The summed E-state index contributed by atoms with van der Waals surface area (Å²) in [5.74, 6) is 0.628. The van der Waals surface area contributed by atoms with E-state index in [1.165, 1.54) is 12.1 Å². The molecule has 0 amide bonds. The standard InChI is InChI=1S/C12H16F2OS/c1-8(2)6-16-7-12(15)9-3-10(13)5-11(14)4-9/h3-5,8,12,15H,6-7H2,1-2H3. The Balaban J connectivity index is 2.55. The van der Waals surface area contributed by atoms with Crippen LogP contribution in [0.3, 0.4) is 0 Å². The van der Waals surface area contributed by atoms with Crippen molar-refractivity contribution in [1.82, 2.24) is 0 Å². The fourth-order valence-corrected chi connectivity index (χ4v) is 2.30. The molecule has 0 heterocycles. The molecule has 0 bridgehead atoms. The molecule has 1 atom stereocenters. The highest BCUT2D eigenvalue weighted by Crippen LogP contribution is 2.21. The first-order valence-electron chi connectivity index (χ1n) is 5.21. The Morgan fingerprint density at radius 3 is 2.19 bits per heavy atom. The summed E-state index contributed by atoms with van der Waals surface area (Å²) in [6.45, 7) is 4.17. The number of thioether (sulfide) groups is 1. The molecule has 1 aromatic rings. The Bertz CT molecular complexity index is 322. The third-order valence-corrected chi connectivity index (χ3v) is 3.45. The van der Waals surface area contributed by atoms with E-state index in [1.807, 2.05) is 0 Å². The molecule has 0 aliphatic rings. The summed E-state index contributed by atoms with van der Waals surface area (Å²) in [5, 5.41) is 9.73. The molecule has 1 unspecified atom stereocenters. The van der Waals surface area contributed by atoms with Gasteiger partial charge < -0.3 is 5.11 Å². The van der Waals surface area contributed by atoms with Crippen molar-refractivity contribution in [2.24, 2.45) is 5.92 Å². The highest BCUT2D eigenvalue weighted by molar-refractivity contribution is 7.99. The lowest BCUT2D eigenvalue weighted by atomic mass is 10.1. The van der Waals surface area contributed by atoms with Crippen molar-refractivity contribution in [2.45, 2.75) is 20.0 Å². The fraction of sp³-hybridized carbons (Fsp3) is 0.500. The Hall–Kier alpha value is -0.610. The first-order valence-corrected chi connectivity index (χ1v) is 6.36. The zero-order chi connectivity index (χ0) is 12.1. The Morgan fingerprint density at radius 2 is 1.69 bits per heavy atom. The van der Waals surface area contributed by atoms with Gasteiger partial charge in [0.05, 0.1) is 6.10 Å². The van der Waals surface area contributed by atoms with E-state index in [4.69, 9.17) is 0 Å². The van der Waals surface area contributed by atoms with Gasteiger partial charge in [-0.2, -0.15) is 11.8 Å². The van der Waals surface area contributed by atoms with Gasteiger partial charge in [0.25, 0.3) is 0 Å². The molecule has 1 nitrogen and oxygen atoms in total. The predicted octanol–water partition coefficient (Wildman–Crippen LogP) is 3.39. The SMILES string of the molecule is CC(C)CSCC(O)c1cc(F)cc(F)c1. The number of hydrogen-bond acceptors (Lipinski definition) is 2. The summed E-state index contributed by atoms with van der Waals surface area (Å²) < 4.78 is 25.8. The molecule has 0 aliphatic carbocycles. The van der Waals surface area contributed by atoms with Crippen molar-refractivity contribution < 1.29 is 13.9 Å². The maximum absolute atomic E-state index is 12.9. The van der Waals surface area contributed by atoms with Crippen molar-refractivity contribution in [3.63, 3.8) is 0 Å². The molecule has 90 valence electrons. The average molecular weight is 246 g/mol. The second-order valence-electron chi connectivity index (χ2n) is 4.15. The molecule has 1 rings (SSSR count). The van der Waals surface area contributed by atoms with Crippen LogP contribution >= 0.6 is 11.8 Å². The molecule has 0 spiro atoms. The van der Waals surface area contributed by atoms with Gasteiger partial charge in [-0.1, -0.05) is 13.8 Å². The average Bonchev–Trinajstić information content (AvgIpc) is 2.15. The van der Waals surface area contributed by atoms with Crippen molar-refractivity contribution in [2.75, 3.05) is 11.5 Å². The van der Waals surface area contributed by atoms with Gasteiger partial charge in [-0.3, -0.25) is 0 Å². The number of rotatable bonds is 5. The third-order valence-electron chi connectivity index (χ3n) is 2.00. The number of aliphatic hydroxyl groups is 1. The molecular weight excluding hydrogens is 230 g/mol. The molecule has 16 heavy (non-hydrogen) atoms. The second-order valence-corrected chi connectivity index (χ2v) is 5.22. The highest BCUT2D eigenvalue weighted by atomic mass is 32.2. The molecule has 1 aromatic carbocycles.